The Balaban J connectivity index is 1.51. The Morgan fingerprint density at radius 2 is 1.90 bits per heavy atom. The van der Waals surface area contributed by atoms with Crippen LogP contribution >= 0.6 is 0 Å². The highest BCUT2D eigenvalue weighted by Crippen LogP contribution is 2.43. The number of likely N-dealkylation sites (tertiary alicyclic amines) is 1. The normalized spacial score (nSPS) is 22.7. The van der Waals surface area contributed by atoms with E-state index in [1.54, 1.807) is 21.3 Å². The number of benzene rings is 1. The molecule has 0 spiro atoms. The van der Waals surface area contributed by atoms with E-state index in [2.05, 4.69) is 29.0 Å². The molecule has 2 fully saturated rings. The fourth-order valence-electron chi connectivity index (χ4n) is 6.70. The van der Waals surface area contributed by atoms with Gasteiger partial charge in [-0.3, -0.25) is 4.79 Å². The van der Waals surface area contributed by atoms with Gasteiger partial charge in [0.05, 0.1) is 31.0 Å². The van der Waals surface area contributed by atoms with Gasteiger partial charge in [-0.15, -0.1) is 0 Å². The van der Waals surface area contributed by atoms with Crippen LogP contribution in [0.2, 0.25) is 0 Å². The second-order valence-corrected chi connectivity index (χ2v) is 11.7. The molecule has 4 aromatic rings. The van der Waals surface area contributed by atoms with E-state index in [1.165, 1.54) is 0 Å². The molecule has 0 radical (unpaired) electrons. The minimum absolute atomic E-state index is 0.00703. The van der Waals surface area contributed by atoms with Gasteiger partial charge in [-0.1, -0.05) is 0 Å². The van der Waals surface area contributed by atoms with Crippen molar-refractivity contribution < 1.29 is 19.0 Å². The Morgan fingerprint density at radius 1 is 1.10 bits per heavy atom. The van der Waals surface area contributed by atoms with E-state index in [-0.39, 0.29) is 17.6 Å². The number of imidazole rings is 1. The molecule has 4 heterocycles. The summed E-state index contributed by atoms with van der Waals surface area (Å²) in [6.45, 7) is 7.01. The van der Waals surface area contributed by atoms with Crippen LogP contribution < -0.4 is 15.2 Å². The molecule has 2 N–H and O–H groups in total. The van der Waals surface area contributed by atoms with E-state index < -0.39 is 0 Å². The third kappa shape index (κ3) is 4.82. The van der Waals surface area contributed by atoms with Crippen LogP contribution in [0.5, 0.6) is 11.6 Å². The first-order valence-corrected chi connectivity index (χ1v) is 14.5. The molecule has 2 aliphatic rings. The van der Waals surface area contributed by atoms with Gasteiger partial charge in [0.1, 0.15) is 16.9 Å². The molecule has 1 aromatic carbocycles. The summed E-state index contributed by atoms with van der Waals surface area (Å²) < 4.78 is 21.5. The zero-order valence-electron chi connectivity index (χ0n) is 24.6. The van der Waals surface area contributed by atoms with Crippen molar-refractivity contribution in [1.82, 2.24) is 24.0 Å². The number of aryl methyl sites for hydroxylation is 1. The summed E-state index contributed by atoms with van der Waals surface area (Å²) in [5.41, 5.74) is 10.1. The number of pyridine rings is 1. The lowest BCUT2D eigenvalue weighted by Crippen LogP contribution is -2.45. The maximum Gasteiger partial charge on any atom is 0.254 e. The maximum atomic E-state index is 13.6. The number of carbonyl (C=O) groups excluding carboxylic acids is 1. The van der Waals surface area contributed by atoms with Crippen molar-refractivity contribution in [3.63, 3.8) is 0 Å². The van der Waals surface area contributed by atoms with Crippen LogP contribution in [0.4, 0.5) is 0 Å². The van der Waals surface area contributed by atoms with E-state index in [9.17, 15) is 4.79 Å². The highest BCUT2D eigenvalue weighted by molar-refractivity contribution is 6.00. The number of hydrogen-bond donors (Lipinski definition) is 1. The van der Waals surface area contributed by atoms with Crippen molar-refractivity contribution in [3.05, 3.63) is 35.9 Å². The standard InChI is InChI=1S/C31H40N6O4/c1-6-36-24(13-20-9-10-26(40-4)34-28(20)36)29-33-23-12-21(30(38)35-11-7-8-22(32)18-35)14-25(39-3)27(23)37(29)17-19-15-31(2,16-19)41-5/h9-10,12-14,19,22H,6-8,11,15-18,32H2,1-5H3. The molecule has 3 aromatic heterocycles. The Labute approximate surface area is 240 Å². The summed E-state index contributed by atoms with van der Waals surface area (Å²) in [4.78, 5) is 25.4. The smallest absolute Gasteiger partial charge is 0.254 e. The average molecular weight is 561 g/mol. The molecule has 1 amide bonds. The summed E-state index contributed by atoms with van der Waals surface area (Å²) in [5, 5.41) is 1.01. The number of ether oxygens (including phenoxy) is 3. The minimum Gasteiger partial charge on any atom is -0.494 e. The fourth-order valence-corrected chi connectivity index (χ4v) is 6.70. The molecule has 1 unspecified atom stereocenters. The molecule has 10 heteroatoms. The van der Waals surface area contributed by atoms with Crippen molar-refractivity contribution in [2.45, 2.75) is 64.3 Å². The number of carbonyl (C=O) groups is 1. The van der Waals surface area contributed by atoms with E-state index in [1.807, 2.05) is 29.2 Å². The molecule has 6 rings (SSSR count). The predicted molar refractivity (Wildman–Crippen MR) is 158 cm³/mol. The summed E-state index contributed by atoms with van der Waals surface area (Å²) in [6.07, 6.45) is 3.78. The zero-order valence-corrected chi connectivity index (χ0v) is 24.6. The third-order valence-corrected chi connectivity index (χ3v) is 8.87. The topological polar surface area (TPSA) is 110 Å². The van der Waals surface area contributed by atoms with Crippen molar-refractivity contribution in [1.29, 1.82) is 0 Å². The molecule has 0 bridgehead atoms. The van der Waals surface area contributed by atoms with Crippen LogP contribution in [-0.2, 0) is 17.8 Å². The molecule has 1 saturated carbocycles. The molecule has 1 aliphatic heterocycles. The first-order chi connectivity index (χ1) is 19.8. The number of aromatic nitrogens is 4. The van der Waals surface area contributed by atoms with Gasteiger partial charge in [0.15, 0.2) is 5.82 Å². The lowest BCUT2D eigenvalue weighted by atomic mass is 9.72. The predicted octanol–water partition coefficient (Wildman–Crippen LogP) is 4.47. The fraction of sp³-hybridized carbons (Fsp3) is 0.516. The van der Waals surface area contributed by atoms with E-state index in [0.29, 0.717) is 42.7 Å². The molecule has 218 valence electrons. The summed E-state index contributed by atoms with van der Waals surface area (Å²) in [6, 6.07) is 9.81. The molecule has 1 atom stereocenters. The summed E-state index contributed by atoms with van der Waals surface area (Å²) >= 11 is 0. The minimum atomic E-state index is -0.0982. The van der Waals surface area contributed by atoms with Gasteiger partial charge in [-0.2, -0.15) is 4.98 Å². The Kier molecular flexibility index (Phi) is 7.15. The zero-order chi connectivity index (χ0) is 28.9. The van der Waals surface area contributed by atoms with E-state index >= 15 is 0 Å². The Morgan fingerprint density at radius 3 is 2.59 bits per heavy atom. The highest BCUT2D eigenvalue weighted by Gasteiger charge is 2.41. The van der Waals surface area contributed by atoms with Gasteiger partial charge >= 0.3 is 0 Å². The van der Waals surface area contributed by atoms with Crippen LogP contribution in [0.3, 0.4) is 0 Å². The monoisotopic (exact) mass is 560 g/mol. The first-order valence-electron chi connectivity index (χ1n) is 14.5. The molecular formula is C31H40N6O4. The number of nitrogens with zero attached hydrogens (tertiary/aromatic N) is 5. The van der Waals surface area contributed by atoms with E-state index in [0.717, 1.165) is 65.8 Å². The van der Waals surface area contributed by atoms with Crippen molar-refractivity contribution in [2.24, 2.45) is 11.7 Å². The van der Waals surface area contributed by atoms with Crippen molar-refractivity contribution >= 4 is 28.0 Å². The molecule has 1 aliphatic carbocycles. The van der Waals surface area contributed by atoms with Crippen LogP contribution in [0.1, 0.15) is 49.9 Å². The number of nitrogens with two attached hydrogens (primary N) is 1. The molecule has 41 heavy (non-hydrogen) atoms. The number of amides is 1. The second kappa shape index (κ2) is 10.6. The number of rotatable bonds is 8. The number of hydrogen-bond acceptors (Lipinski definition) is 7. The summed E-state index contributed by atoms with van der Waals surface area (Å²) in [7, 11) is 5.07. The van der Waals surface area contributed by atoms with Gasteiger partial charge in [0.2, 0.25) is 5.88 Å². The second-order valence-electron chi connectivity index (χ2n) is 11.7. The highest BCUT2D eigenvalue weighted by atomic mass is 16.5. The number of methoxy groups -OCH3 is 3. The van der Waals surface area contributed by atoms with Crippen LogP contribution in [-0.4, -0.2) is 76.0 Å². The molecule has 10 nitrogen and oxygen atoms in total. The summed E-state index contributed by atoms with van der Waals surface area (Å²) in [5.74, 6) is 2.42. The van der Waals surface area contributed by atoms with Gasteiger partial charge in [-0.25, -0.2) is 4.98 Å². The van der Waals surface area contributed by atoms with Crippen molar-refractivity contribution in [3.8, 4) is 23.1 Å². The van der Waals surface area contributed by atoms with Crippen molar-refractivity contribution in [2.75, 3.05) is 34.4 Å². The average Bonchev–Trinajstić information content (AvgIpc) is 3.52. The van der Waals surface area contributed by atoms with Gasteiger partial charge in [-0.05, 0) is 69.7 Å². The third-order valence-electron chi connectivity index (χ3n) is 8.87. The Hall–Kier alpha value is -3.63. The number of piperidine rings is 1. The first kappa shape index (κ1) is 27.5. The quantitative estimate of drug-likeness (QED) is 0.339. The van der Waals surface area contributed by atoms with Crippen LogP contribution in [0, 0.1) is 5.92 Å². The van der Waals surface area contributed by atoms with Crippen LogP contribution in [0.15, 0.2) is 30.3 Å². The van der Waals surface area contributed by atoms with Gasteiger partial charge in [0.25, 0.3) is 5.91 Å². The Bertz CT molecular complexity index is 1600. The molecule has 1 saturated heterocycles. The maximum absolute atomic E-state index is 13.6. The number of fused-ring (bicyclic) bond motifs is 2. The van der Waals surface area contributed by atoms with Gasteiger partial charge < -0.3 is 34.0 Å². The lowest BCUT2D eigenvalue weighted by molar-refractivity contribution is -0.0937. The SMILES string of the molecule is CCn1c(-c2nc3cc(C(=O)N4CCCC(N)C4)cc(OC)c3n2CC2CC(C)(OC)C2)cc2ccc(OC)nc21. The largest absolute Gasteiger partial charge is 0.494 e. The van der Waals surface area contributed by atoms with Gasteiger partial charge in [0, 0.05) is 56.3 Å². The lowest BCUT2D eigenvalue weighted by Gasteiger charge is -2.44. The van der Waals surface area contributed by atoms with E-state index in [4.69, 9.17) is 29.9 Å². The van der Waals surface area contributed by atoms with Crippen LogP contribution in [0.25, 0.3) is 33.6 Å². The molecular weight excluding hydrogens is 520 g/mol.